The molecule has 142 valence electrons. The minimum atomic E-state index is -0.716. The first-order chi connectivity index (χ1) is 13.1. The van der Waals surface area contributed by atoms with Crippen molar-refractivity contribution in [3.63, 3.8) is 0 Å². The largest absolute Gasteiger partial charge is 0.497 e. The lowest BCUT2D eigenvalue weighted by atomic mass is 10.1. The van der Waals surface area contributed by atoms with Crippen LogP contribution < -0.4 is 9.47 Å². The van der Waals surface area contributed by atoms with Gasteiger partial charge in [0.1, 0.15) is 23.9 Å². The lowest BCUT2D eigenvalue weighted by molar-refractivity contribution is 0.204. The van der Waals surface area contributed by atoms with Crippen molar-refractivity contribution < 1.29 is 19.0 Å². The number of benzene rings is 2. The highest BCUT2D eigenvalue weighted by Gasteiger charge is 2.14. The summed E-state index contributed by atoms with van der Waals surface area (Å²) in [7, 11) is 3.46. The third-order valence-corrected chi connectivity index (χ3v) is 5.07. The molecule has 0 saturated carbocycles. The van der Waals surface area contributed by atoms with Crippen LogP contribution in [0.4, 0.5) is 4.39 Å². The highest BCUT2D eigenvalue weighted by atomic mass is 32.2. The molecule has 6 nitrogen and oxygen atoms in total. The Bertz CT molecular complexity index is 869. The lowest BCUT2D eigenvalue weighted by Gasteiger charge is -2.10. The molecule has 0 aliphatic rings. The molecular weight excluding hydrogens is 369 g/mol. The van der Waals surface area contributed by atoms with Crippen molar-refractivity contribution in [2.45, 2.75) is 17.9 Å². The van der Waals surface area contributed by atoms with Crippen LogP contribution in [0.25, 0.3) is 0 Å². The Morgan fingerprint density at radius 3 is 2.41 bits per heavy atom. The first kappa shape index (κ1) is 19.2. The van der Waals surface area contributed by atoms with Crippen molar-refractivity contribution in [2.75, 3.05) is 12.9 Å². The molecule has 1 heterocycles. The van der Waals surface area contributed by atoms with Crippen molar-refractivity contribution in [3.05, 3.63) is 65.7 Å². The molecule has 0 aliphatic heterocycles. The van der Waals surface area contributed by atoms with Gasteiger partial charge in [-0.1, -0.05) is 23.9 Å². The van der Waals surface area contributed by atoms with Crippen LogP contribution in [0.2, 0.25) is 0 Å². The number of nitrogens with zero attached hydrogens (tertiary/aromatic N) is 3. The van der Waals surface area contributed by atoms with Gasteiger partial charge in [-0.15, -0.1) is 10.2 Å². The molecule has 0 amide bonds. The van der Waals surface area contributed by atoms with E-state index < -0.39 is 6.10 Å². The highest BCUT2D eigenvalue weighted by molar-refractivity contribution is 7.99. The number of thioether (sulfide) groups is 1. The molecule has 2 aromatic carbocycles. The Morgan fingerprint density at radius 1 is 1.07 bits per heavy atom. The normalized spacial score (nSPS) is 12.0. The number of aromatic nitrogens is 3. The number of methoxy groups -OCH3 is 1. The Kier molecular flexibility index (Phi) is 6.31. The van der Waals surface area contributed by atoms with E-state index in [1.807, 2.05) is 35.9 Å². The summed E-state index contributed by atoms with van der Waals surface area (Å²) in [6, 6.07) is 13.1. The Morgan fingerprint density at radius 2 is 1.74 bits per heavy atom. The minimum Gasteiger partial charge on any atom is -0.497 e. The van der Waals surface area contributed by atoms with E-state index >= 15 is 0 Å². The maximum Gasteiger partial charge on any atom is 0.191 e. The molecular formula is C19H20FN3O3S. The van der Waals surface area contributed by atoms with Gasteiger partial charge in [0.05, 0.1) is 13.2 Å². The van der Waals surface area contributed by atoms with Crippen LogP contribution in [-0.4, -0.2) is 32.7 Å². The smallest absolute Gasteiger partial charge is 0.191 e. The number of aliphatic hydroxyl groups excluding tert-OH is 1. The van der Waals surface area contributed by atoms with Gasteiger partial charge < -0.3 is 19.1 Å². The average molecular weight is 389 g/mol. The number of aliphatic hydroxyl groups is 1. The Hall–Kier alpha value is -2.58. The van der Waals surface area contributed by atoms with Crippen LogP contribution in [0.15, 0.2) is 53.7 Å². The summed E-state index contributed by atoms with van der Waals surface area (Å²) in [5.41, 5.74) is 0.661. The van der Waals surface area contributed by atoms with E-state index in [0.29, 0.717) is 28.0 Å². The molecule has 0 unspecified atom stereocenters. The summed E-state index contributed by atoms with van der Waals surface area (Å²) < 4.78 is 25.6. The predicted molar refractivity (Wildman–Crippen MR) is 100 cm³/mol. The molecule has 1 N–H and O–H groups in total. The van der Waals surface area contributed by atoms with Crippen molar-refractivity contribution >= 4 is 11.8 Å². The molecule has 1 atom stereocenters. The monoisotopic (exact) mass is 389 g/mol. The Balaban J connectivity index is 1.55. The fourth-order valence-corrected chi connectivity index (χ4v) is 3.25. The topological polar surface area (TPSA) is 69.4 Å². The maximum absolute atomic E-state index is 13.0. The molecule has 0 saturated heterocycles. The maximum atomic E-state index is 13.0. The van der Waals surface area contributed by atoms with Crippen molar-refractivity contribution in [2.24, 2.45) is 7.05 Å². The Labute approximate surface area is 161 Å². The van der Waals surface area contributed by atoms with Crippen LogP contribution in [-0.2, 0) is 13.7 Å². The van der Waals surface area contributed by atoms with Crippen LogP contribution in [0, 0.1) is 5.82 Å². The molecule has 27 heavy (non-hydrogen) atoms. The number of ether oxygens (including phenoxy) is 2. The minimum absolute atomic E-state index is 0.275. The first-order valence-corrected chi connectivity index (χ1v) is 9.27. The van der Waals surface area contributed by atoms with Crippen LogP contribution in [0.5, 0.6) is 11.5 Å². The van der Waals surface area contributed by atoms with Crippen LogP contribution >= 0.6 is 11.8 Å². The third kappa shape index (κ3) is 4.99. The van der Waals surface area contributed by atoms with E-state index in [4.69, 9.17) is 9.47 Å². The zero-order chi connectivity index (χ0) is 19.2. The number of hydrogen-bond acceptors (Lipinski definition) is 6. The van der Waals surface area contributed by atoms with Gasteiger partial charge in [-0.2, -0.15) is 0 Å². The van der Waals surface area contributed by atoms with Gasteiger partial charge in [0, 0.05) is 12.8 Å². The van der Waals surface area contributed by atoms with Gasteiger partial charge in [-0.05, 0) is 42.0 Å². The molecule has 0 fully saturated rings. The number of hydrogen-bond donors (Lipinski definition) is 1. The second-order valence-electron chi connectivity index (χ2n) is 5.80. The van der Waals surface area contributed by atoms with Gasteiger partial charge in [0.2, 0.25) is 0 Å². The van der Waals surface area contributed by atoms with Crippen LogP contribution in [0.3, 0.4) is 0 Å². The van der Waals surface area contributed by atoms with E-state index in [1.165, 1.54) is 23.9 Å². The first-order valence-electron chi connectivity index (χ1n) is 8.28. The molecule has 3 rings (SSSR count). The van der Waals surface area contributed by atoms with Gasteiger partial charge in [0.25, 0.3) is 0 Å². The summed E-state index contributed by atoms with van der Waals surface area (Å²) in [5, 5.41) is 19.2. The predicted octanol–water partition coefficient (Wildman–Crippen LogP) is 3.37. The fraction of sp³-hybridized carbons (Fsp3) is 0.263. The molecule has 0 aliphatic carbocycles. The van der Waals surface area contributed by atoms with E-state index in [2.05, 4.69) is 10.2 Å². The van der Waals surface area contributed by atoms with Crippen molar-refractivity contribution in [1.29, 1.82) is 0 Å². The number of rotatable bonds is 8. The van der Waals surface area contributed by atoms with Gasteiger partial charge in [-0.25, -0.2) is 4.39 Å². The SMILES string of the molecule is COc1ccc(OCc2nnc(SC[C@H](O)c3ccc(F)cc3)n2C)cc1. The molecule has 8 heteroatoms. The summed E-state index contributed by atoms with van der Waals surface area (Å²) in [5.74, 6) is 2.20. The second kappa shape index (κ2) is 8.88. The highest BCUT2D eigenvalue weighted by Crippen LogP contribution is 2.24. The third-order valence-electron chi connectivity index (χ3n) is 3.98. The van der Waals surface area contributed by atoms with Gasteiger partial charge in [0.15, 0.2) is 11.0 Å². The molecule has 0 bridgehead atoms. The number of halogens is 1. The van der Waals surface area contributed by atoms with E-state index in [0.717, 1.165) is 5.75 Å². The van der Waals surface area contributed by atoms with Crippen LogP contribution in [0.1, 0.15) is 17.5 Å². The average Bonchev–Trinajstić information content (AvgIpc) is 3.05. The summed E-state index contributed by atoms with van der Waals surface area (Å²) in [6.45, 7) is 0.275. The summed E-state index contributed by atoms with van der Waals surface area (Å²) in [6.07, 6.45) is -0.716. The van der Waals surface area contributed by atoms with Gasteiger partial charge >= 0.3 is 0 Å². The molecule has 0 spiro atoms. The molecule has 1 aromatic heterocycles. The quantitative estimate of drug-likeness (QED) is 0.596. The van der Waals surface area contributed by atoms with Gasteiger partial charge in [-0.3, -0.25) is 0 Å². The van der Waals surface area contributed by atoms with E-state index in [9.17, 15) is 9.50 Å². The zero-order valence-corrected chi connectivity index (χ0v) is 15.8. The van der Waals surface area contributed by atoms with Crippen molar-refractivity contribution in [1.82, 2.24) is 14.8 Å². The second-order valence-corrected chi connectivity index (χ2v) is 6.79. The van der Waals surface area contributed by atoms with E-state index in [1.54, 1.807) is 19.2 Å². The van der Waals surface area contributed by atoms with E-state index in [-0.39, 0.29) is 12.4 Å². The standard InChI is InChI=1S/C19H20FN3O3S/c1-23-18(11-26-16-9-7-15(25-2)8-10-16)21-22-19(23)27-12-17(24)13-3-5-14(20)6-4-13/h3-10,17,24H,11-12H2,1-2H3/t17-/m0/s1. The fourth-order valence-electron chi connectivity index (χ4n) is 2.35. The summed E-state index contributed by atoms with van der Waals surface area (Å²) >= 11 is 1.38. The lowest BCUT2D eigenvalue weighted by Crippen LogP contribution is -2.05. The zero-order valence-electron chi connectivity index (χ0n) is 15.0. The molecule has 0 radical (unpaired) electrons. The molecule has 3 aromatic rings. The van der Waals surface area contributed by atoms with Crippen molar-refractivity contribution in [3.8, 4) is 11.5 Å². The summed E-state index contributed by atoms with van der Waals surface area (Å²) in [4.78, 5) is 0.